The Labute approximate surface area is 104 Å². The Morgan fingerprint density at radius 2 is 2.28 bits per heavy atom. The average molecular weight is 247 g/mol. The molecular formula is C12H13N3O3. The highest BCUT2D eigenvalue weighted by molar-refractivity contribution is 6.15. The van der Waals surface area contributed by atoms with Crippen LogP contribution in [0, 0.1) is 0 Å². The zero-order valence-corrected chi connectivity index (χ0v) is 10.1. The molecule has 1 aromatic heterocycles. The smallest absolute Gasteiger partial charge is 0.338 e. The molecule has 18 heavy (non-hydrogen) atoms. The van der Waals surface area contributed by atoms with Crippen LogP contribution in [0.15, 0.2) is 23.3 Å². The maximum Gasteiger partial charge on any atom is 0.338 e. The lowest BCUT2D eigenvalue weighted by Gasteiger charge is -2.20. The van der Waals surface area contributed by atoms with Gasteiger partial charge >= 0.3 is 5.97 Å². The van der Waals surface area contributed by atoms with E-state index in [2.05, 4.69) is 15.3 Å². The number of carbonyl (C=O) groups excluding carboxylic acids is 1. The molecule has 1 unspecified atom stereocenters. The predicted molar refractivity (Wildman–Crippen MR) is 64.6 cm³/mol. The number of nitrogens with one attached hydrogen (secondary N) is 1. The highest BCUT2D eigenvalue weighted by atomic mass is 16.4. The number of pyridine rings is 1. The third-order valence-electron chi connectivity index (χ3n) is 3.05. The summed E-state index contributed by atoms with van der Waals surface area (Å²) in [6.45, 7) is 3.59. The molecule has 2 N–H and O–H groups in total. The van der Waals surface area contributed by atoms with Gasteiger partial charge < -0.3 is 10.4 Å². The van der Waals surface area contributed by atoms with E-state index in [4.69, 9.17) is 5.11 Å². The molecule has 0 bridgehead atoms. The summed E-state index contributed by atoms with van der Waals surface area (Å²) in [5.41, 5.74) is -0.560. The van der Waals surface area contributed by atoms with Crippen molar-refractivity contribution in [1.29, 1.82) is 0 Å². The van der Waals surface area contributed by atoms with Crippen molar-refractivity contribution in [2.24, 2.45) is 4.99 Å². The van der Waals surface area contributed by atoms with Gasteiger partial charge in [0.05, 0.1) is 5.56 Å². The van der Waals surface area contributed by atoms with Gasteiger partial charge in [0, 0.05) is 6.20 Å². The van der Waals surface area contributed by atoms with E-state index >= 15 is 0 Å². The van der Waals surface area contributed by atoms with Crippen molar-refractivity contribution < 1.29 is 14.7 Å². The predicted octanol–water partition coefficient (Wildman–Crippen LogP) is 0.825. The van der Waals surface area contributed by atoms with Crippen LogP contribution in [-0.2, 0) is 4.79 Å². The average Bonchev–Trinajstić information content (AvgIpc) is 2.66. The van der Waals surface area contributed by atoms with Gasteiger partial charge in [0.1, 0.15) is 11.2 Å². The van der Waals surface area contributed by atoms with E-state index < -0.39 is 11.5 Å². The van der Waals surface area contributed by atoms with Gasteiger partial charge in [-0.05, 0) is 25.5 Å². The van der Waals surface area contributed by atoms with Gasteiger partial charge in [-0.3, -0.25) is 9.78 Å². The second-order valence-corrected chi connectivity index (χ2v) is 4.28. The number of carbonyl (C=O) groups is 2. The van der Waals surface area contributed by atoms with E-state index in [9.17, 15) is 9.59 Å². The molecule has 1 atom stereocenters. The summed E-state index contributed by atoms with van der Waals surface area (Å²) in [6.07, 6.45) is 2.03. The molecule has 2 heterocycles. The molecule has 1 aromatic rings. The summed E-state index contributed by atoms with van der Waals surface area (Å²) in [7, 11) is 0. The molecule has 0 aliphatic carbocycles. The molecule has 0 spiro atoms. The molecule has 1 aliphatic rings. The maximum atomic E-state index is 11.8. The van der Waals surface area contributed by atoms with Gasteiger partial charge in [0.25, 0.3) is 5.91 Å². The first-order valence-electron chi connectivity index (χ1n) is 5.58. The Hall–Kier alpha value is -2.24. The van der Waals surface area contributed by atoms with Gasteiger partial charge in [-0.25, -0.2) is 4.79 Å². The van der Waals surface area contributed by atoms with E-state index in [0.717, 1.165) is 0 Å². The minimum atomic E-state index is -1.10. The molecule has 0 aromatic carbocycles. The number of carboxylic acids is 1. The van der Waals surface area contributed by atoms with E-state index in [0.29, 0.717) is 6.42 Å². The van der Waals surface area contributed by atoms with Crippen LogP contribution in [0.3, 0.4) is 0 Å². The van der Waals surface area contributed by atoms with Crippen molar-refractivity contribution in [2.45, 2.75) is 25.8 Å². The minimum absolute atomic E-state index is 0.0249. The summed E-state index contributed by atoms with van der Waals surface area (Å²) in [4.78, 5) is 30.7. The number of amides is 1. The summed E-state index contributed by atoms with van der Waals surface area (Å²) in [5.74, 6) is -1.18. The largest absolute Gasteiger partial charge is 0.478 e. The number of hydrogen-bond donors (Lipinski definition) is 2. The summed E-state index contributed by atoms with van der Waals surface area (Å²) in [5, 5.41) is 12.0. The Morgan fingerprint density at radius 3 is 2.83 bits per heavy atom. The molecule has 1 amide bonds. The SMILES string of the molecule is CCC1(C)NC(c2ncccc2C(=O)O)=NC1=O. The fourth-order valence-electron chi connectivity index (χ4n) is 1.69. The summed E-state index contributed by atoms with van der Waals surface area (Å²) in [6, 6.07) is 2.96. The number of amidine groups is 1. The lowest BCUT2D eigenvalue weighted by molar-refractivity contribution is -0.122. The van der Waals surface area contributed by atoms with E-state index in [1.807, 2.05) is 6.92 Å². The van der Waals surface area contributed by atoms with Crippen molar-refractivity contribution in [1.82, 2.24) is 10.3 Å². The van der Waals surface area contributed by atoms with Crippen molar-refractivity contribution in [3.05, 3.63) is 29.6 Å². The molecule has 0 radical (unpaired) electrons. The monoisotopic (exact) mass is 247 g/mol. The van der Waals surface area contributed by atoms with Crippen LogP contribution in [-0.4, -0.2) is 33.3 Å². The van der Waals surface area contributed by atoms with Crippen molar-refractivity contribution in [3.8, 4) is 0 Å². The Morgan fingerprint density at radius 1 is 1.56 bits per heavy atom. The number of hydrogen-bond acceptors (Lipinski definition) is 4. The van der Waals surface area contributed by atoms with Crippen LogP contribution in [0.5, 0.6) is 0 Å². The maximum absolute atomic E-state index is 11.8. The molecule has 94 valence electrons. The van der Waals surface area contributed by atoms with Crippen LogP contribution in [0.2, 0.25) is 0 Å². The van der Waals surface area contributed by atoms with Gasteiger partial charge in [-0.15, -0.1) is 0 Å². The van der Waals surface area contributed by atoms with Gasteiger partial charge in [-0.1, -0.05) is 6.92 Å². The highest BCUT2D eigenvalue weighted by Gasteiger charge is 2.39. The Kier molecular flexibility index (Phi) is 2.86. The molecule has 0 fully saturated rings. The third kappa shape index (κ3) is 1.85. The molecule has 1 aliphatic heterocycles. The van der Waals surface area contributed by atoms with Crippen molar-refractivity contribution in [2.75, 3.05) is 0 Å². The van der Waals surface area contributed by atoms with Crippen LogP contribution >= 0.6 is 0 Å². The summed E-state index contributed by atoms with van der Waals surface area (Å²) >= 11 is 0. The van der Waals surface area contributed by atoms with Crippen LogP contribution < -0.4 is 5.32 Å². The normalized spacial score (nSPS) is 22.6. The van der Waals surface area contributed by atoms with Crippen LogP contribution in [0.1, 0.15) is 36.3 Å². The molecule has 2 rings (SSSR count). The lowest BCUT2D eigenvalue weighted by atomic mass is 9.99. The first-order chi connectivity index (χ1) is 8.48. The standard InChI is InChI=1S/C12H13N3O3/c1-3-12(2)11(18)14-9(15-12)8-7(10(16)17)5-4-6-13-8/h4-6H,3H2,1-2H3,(H,16,17)(H,14,15,18). The third-order valence-corrected chi connectivity index (χ3v) is 3.05. The Balaban J connectivity index is 2.44. The molecule has 6 nitrogen and oxygen atoms in total. The minimum Gasteiger partial charge on any atom is -0.478 e. The number of carboxylic acid groups (broad SMARTS) is 1. The zero-order valence-electron chi connectivity index (χ0n) is 10.1. The molecule has 0 saturated carbocycles. The van der Waals surface area contributed by atoms with Crippen molar-refractivity contribution >= 4 is 17.7 Å². The van der Waals surface area contributed by atoms with Crippen LogP contribution in [0.25, 0.3) is 0 Å². The Bertz CT molecular complexity index is 553. The number of aromatic carboxylic acids is 1. The van der Waals surface area contributed by atoms with Gasteiger partial charge in [-0.2, -0.15) is 4.99 Å². The first kappa shape index (κ1) is 12.2. The number of aromatic nitrogens is 1. The zero-order chi connectivity index (χ0) is 13.3. The number of aliphatic imine (C=N–C) groups is 1. The topological polar surface area (TPSA) is 91.7 Å². The second-order valence-electron chi connectivity index (χ2n) is 4.28. The van der Waals surface area contributed by atoms with Gasteiger partial charge in [0.2, 0.25) is 0 Å². The van der Waals surface area contributed by atoms with E-state index in [-0.39, 0.29) is 23.0 Å². The summed E-state index contributed by atoms with van der Waals surface area (Å²) < 4.78 is 0. The van der Waals surface area contributed by atoms with E-state index in [1.165, 1.54) is 18.3 Å². The highest BCUT2D eigenvalue weighted by Crippen LogP contribution is 2.20. The number of nitrogens with zero attached hydrogens (tertiary/aromatic N) is 2. The van der Waals surface area contributed by atoms with Crippen LogP contribution in [0.4, 0.5) is 0 Å². The van der Waals surface area contributed by atoms with Gasteiger partial charge in [0.15, 0.2) is 5.84 Å². The first-order valence-corrected chi connectivity index (χ1v) is 5.58. The second kappa shape index (κ2) is 4.21. The fraction of sp³-hybridized carbons (Fsp3) is 0.333. The number of rotatable bonds is 3. The molecule has 0 saturated heterocycles. The van der Waals surface area contributed by atoms with E-state index in [1.54, 1.807) is 6.92 Å². The van der Waals surface area contributed by atoms with Crippen molar-refractivity contribution in [3.63, 3.8) is 0 Å². The molecular weight excluding hydrogens is 234 g/mol. The lowest BCUT2D eigenvalue weighted by Crippen LogP contribution is -2.45. The quantitative estimate of drug-likeness (QED) is 0.825. The molecule has 6 heteroatoms. The fourth-order valence-corrected chi connectivity index (χ4v) is 1.69.